The summed E-state index contributed by atoms with van der Waals surface area (Å²) in [6, 6.07) is 22.1. The first kappa shape index (κ1) is 14.0. The lowest BCUT2D eigenvalue weighted by Crippen LogP contribution is -1.91. The van der Waals surface area contributed by atoms with Crippen LogP contribution in [0.4, 0.5) is 0 Å². The number of ether oxygens (including phenoxy) is 1. The Bertz CT molecular complexity index is 1010. The molecule has 0 atom stereocenters. The van der Waals surface area contributed by atoms with Crippen molar-refractivity contribution in [1.82, 2.24) is 4.98 Å². The number of hydrogen-bond acceptors (Lipinski definition) is 2. The van der Waals surface area contributed by atoms with E-state index in [1.165, 1.54) is 5.39 Å². The molecule has 112 valence electrons. The second-order valence-electron chi connectivity index (χ2n) is 5.40. The average molecular weight is 320 g/mol. The van der Waals surface area contributed by atoms with Gasteiger partial charge in [-0.2, -0.15) is 0 Å². The van der Waals surface area contributed by atoms with Gasteiger partial charge in [-0.15, -0.1) is 0 Å². The minimum atomic E-state index is 0.723. The molecule has 1 aromatic heterocycles. The van der Waals surface area contributed by atoms with Crippen LogP contribution in [0.15, 0.2) is 66.7 Å². The molecule has 0 bridgehead atoms. The predicted molar refractivity (Wildman–Crippen MR) is 96.2 cm³/mol. The van der Waals surface area contributed by atoms with Gasteiger partial charge in [-0.05, 0) is 29.7 Å². The highest BCUT2D eigenvalue weighted by atomic mass is 35.5. The number of pyridine rings is 1. The van der Waals surface area contributed by atoms with Crippen molar-refractivity contribution in [2.45, 2.75) is 0 Å². The van der Waals surface area contributed by atoms with Gasteiger partial charge in [0.25, 0.3) is 0 Å². The molecule has 0 radical (unpaired) electrons. The maximum atomic E-state index is 6.02. The highest BCUT2D eigenvalue weighted by molar-refractivity contribution is 6.30. The Labute approximate surface area is 139 Å². The minimum absolute atomic E-state index is 0.723. The van der Waals surface area contributed by atoms with Crippen LogP contribution in [-0.2, 0) is 0 Å². The van der Waals surface area contributed by atoms with Crippen molar-refractivity contribution in [2.75, 3.05) is 7.11 Å². The van der Waals surface area contributed by atoms with Crippen LogP contribution in [0.2, 0.25) is 5.02 Å². The van der Waals surface area contributed by atoms with Crippen LogP contribution in [0.5, 0.6) is 5.75 Å². The summed E-state index contributed by atoms with van der Waals surface area (Å²) in [6.45, 7) is 0. The molecule has 0 N–H and O–H groups in total. The van der Waals surface area contributed by atoms with E-state index >= 15 is 0 Å². The van der Waals surface area contributed by atoms with E-state index in [-0.39, 0.29) is 0 Å². The average Bonchev–Trinajstić information content (AvgIpc) is 2.61. The van der Waals surface area contributed by atoms with Crippen LogP contribution >= 0.6 is 11.6 Å². The van der Waals surface area contributed by atoms with E-state index < -0.39 is 0 Å². The Balaban J connectivity index is 2.10. The molecule has 0 fully saturated rings. The molecule has 3 heteroatoms. The quantitative estimate of drug-likeness (QED) is 0.441. The molecule has 2 nitrogen and oxygen atoms in total. The van der Waals surface area contributed by atoms with Gasteiger partial charge in [0, 0.05) is 27.4 Å². The van der Waals surface area contributed by atoms with Gasteiger partial charge in [-0.25, -0.2) is 4.98 Å². The molecule has 0 aliphatic heterocycles. The third-order valence-electron chi connectivity index (χ3n) is 4.03. The molecule has 0 saturated heterocycles. The normalized spacial score (nSPS) is 11.0. The van der Waals surface area contributed by atoms with E-state index in [1.54, 1.807) is 7.11 Å². The second kappa shape index (κ2) is 5.56. The fourth-order valence-corrected chi connectivity index (χ4v) is 3.02. The van der Waals surface area contributed by atoms with Crippen LogP contribution in [-0.4, -0.2) is 12.1 Å². The lowest BCUT2D eigenvalue weighted by atomic mass is 10.00. The van der Waals surface area contributed by atoms with E-state index in [0.29, 0.717) is 0 Å². The topological polar surface area (TPSA) is 22.1 Å². The summed E-state index contributed by atoms with van der Waals surface area (Å²) >= 11 is 6.02. The van der Waals surface area contributed by atoms with E-state index in [9.17, 15) is 0 Å². The van der Waals surface area contributed by atoms with Gasteiger partial charge in [0.15, 0.2) is 0 Å². The first-order chi connectivity index (χ1) is 11.3. The van der Waals surface area contributed by atoms with E-state index in [0.717, 1.165) is 38.3 Å². The fraction of sp³-hybridized carbons (Fsp3) is 0.0500. The van der Waals surface area contributed by atoms with Crippen LogP contribution in [0.3, 0.4) is 0 Å². The van der Waals surface area contributed by atoms with Crippen molar-refractivity contribution in [3.8, 4) is 17.0 Å². The largest absolute Gasteiger partial charge is 0.497 e. The highest BCUT2D eigenvalue weighted by Gasteiger charge is 2.10. The molecule has 0 spiro atoms. The number of fused-ring (bicyclic) bond motifs is 3. The number of aromatic nitrogens is 1. The number of rotatable bonds is 2. The number of nitrogens with zero attached hydrogens (tertiary/aromatic N) is 1. The van der Waals surface area contributed by atoms with Crippen molar-refractivity contribution in [3.05, 3.63) is 71.8 Å². The molecule has 3 aromatic carbocycles. The number of benzene rings is 3. The van der Waals surface area contributed by atoms with Gasteiger partial charge in [0.05, 0.1) is 18.3 Å². The lowest BCUT2D eigenvalue weighted by Gasteiger charge is -2.11. The molecule has 23 heavy (non-hydrogen) atoms. The van der Waals surface area contributed by atoms with Gasteiger partial charge in [-0.1, -0.05) is 48.0 Å². The minimum Gasteiger partial charge on any atom is -0.497 e. The molecule has 1 heterocycles. The number of methoxy groups -OCH3 is 1. The second-order valence-corrected chi connectivity index (χ2v) is 5.83. The van der Waals surface area contributed by atoms with Crippen molar-refractivity contribution >= 4 is 33.3 Å². The number of hydrogen-bond donors (Lipinski definition) is 0. The van der Waals surface area contributed by atoms with E-state index in [1.807, 2.05) is 42.5 Å². The first-order valence-corrected chi connectivity index (χ1v) is 7.76. The van der Waals surface area contributed by atoms with Gasteiger partial charge >= 0.3 is 0 Å². The van der Waals surface area contributed by atoms with Crippen molar-refractivity contribution in [3.63, 3.8) is 0 Å². The first-order valence-electron chi connectivity index (χ1n) is 7.39. The van der Waals surface area contributed by atoms with Crippen molar-refractivity contribution in [2.24, 2.45) is 0 Å². The molecule has 0 saturated carbocycles. The summed E-state index contributed by atoms with van der Waals surface area (Å²) in [7, 11) is 1.67. The molecule has 0 aliphatic rings. The summed E-state index contributed by atoms with van der Waals surface area (Å²) in [5.74, 6) is 0.808. The zero-order valence-corrected chi connectivity index (χ0v) is 13.3. The summed E-state index contributed by atoms with van der Waals surface area (Å²) in [5.41, 5.74) is 2.93. The predicted octanol–water partition coefficient (Wildman–Crippen LogP) is 5.72. The van der Waals surface area contributed by atoms with Crippen LogP contribution in [0.25, 0.3) is 32.9 Å². The van der Waals surface area contributed by atoms with E-state index in [2.05, 4.69) is 24.3 Å². The summed E-state index contributed by atoms with van der Waals surface area (Å²) in [4.78, 5) is 4.89. The van der Waals surface area contributed by atoms with Crippen LogP contribution < -0.4 is 4.74 Å². The Morgan fingerprint density at radius 2 is 1.57 bits per heavy atom. The maximum Gasteiger partial charge on any atom is 0.121 e. The molecule has 0 aliphatic carbocycles. The third kappa shape index (κ3) is 2.41. The zero-order valence-electron chi connectivity index (χ0n) is 12.6. The molecule has 0 amide bonds. The summed E-state index contributed by atoms with van der Waals surface area (Å²) in [5, 5.41) is 4.16. The zero-order chi connectivity index (χ0) is 15.8. The summed E-state index contributed by atoms with van der Waals surface area (Å²) < 4.78 is 5.34. The molecule has 4 aromatic rings. The Morgan fingerprint density at radius 1 is 0.826 bits per heavy atom. The van der Waals surface area contributed by atoms with Crippen molar-refractivity contribution < 1.29 is 4.74 Å². The Kier molecular flexibility index (Phi) is 3.40. The number of halogens is 1. The smallest absolute Gasteiger partial charge is 0.121 e. The molecular formula is C20H14ClNO. The third-order valence-corrected chi connectivity index (χ3v) is 4.28. The van der Waals surface area contributed by atoms with Crippen LogP contribution in [0.1, 0.15) is 0 Å². The lowest BCUT2D eigenvalue weighted by molar-refractivity contribution is 0.415. The Hall–Kier alpha value is -2.58. The molecule has 0 unspecified atom stereocenters. The van der Waals surface area contributed by atoms with Gasteiger partial charge in [0.1, 0.15) is 5.75 Å². The summed E-state index contributed by atoms with van der Waals surface area (Å²) in [6.07, 6.45) is 0. The van der Waals surface area contributed by atoms with Crippen LogP contribution in [0, 0.1) is 0 Å². The maximum absolute atomic E-state index is 6.02. The molecule has 4 rings (SSSR count). The van der Waals surface area contributed by atoms with Gasteiger partial charge in [-0.3, -0.25) is 0 Å². The highest BCUT2D eigenvalue weighted by Crippen LogP contribution is 2.33. The molecular weight excluding hydrogens is 306 g/mol. The van der Waals surface area contributed by atoms with Gasteiger partial charge in [0.2, 0.25) is 0 Å². The standard InChI is InChI=1S/C20H14ClNO/c1-23-15-10-11-17-16-4-2-3-5-18(16)20(22-19(17)12-15)13-6-8-14(21)9-7-13/h2-12H,1H3. The monoisotopic (exact) mass is 319 g/mol. The van der Waals surface area contributed by atoms with E-state index in [4.69, 9.17) is 21.3 Å². The fourth-order valence-electron chi connectivity index (χ4n) is 2.89. The Morgan fingerprint density at radius 3 is 2.30 bits per heavy atom. The van der Waals surface area contributed by atoms with Crippen molar-refractivity contribution in [1.29, 1.82) is 0 Å². The van der Waals surface area contributed by atoms with Gasteiger partial charge < -0.3 is 4.74 Å². The SMILES string of the molecule is COc1ccc2c(c1)nc(-c1ccc(Cl)cc1)c1ccccc12.